The van der Waals surface area contributed by atoms with E-state index in [0.29, 0.717) is 42.6 Å². The predicted octanol–water partition coefficient (Wildman–Crippen LogP) is 4.77. The summed E-state index contributed by atoms with van der Waals surface area (Å²) in [5, 5.41) is 9.33. The first kappa shape index (κ1) is 26.8. The van der Waals surface area contributed by atoms with E-state index in [9.17, 15) is 18.3 Å². The number of hydrogen-bond donors (Lipinski definition) is 1. The largest absolute Gasteiger partial charge is 0.493 e. The molecule has 0 bridgehead atoms. The molecule has 0 radical (unpaired) electrons. The van der Waals surface area contributed by atoms with Crippen molar-refractivity contribution < 1.29 is 42.0 Å². The lowest BCUT2D eigenvalue weighted by molar-refractivity contribution is -0.146. The van der Waals surface area contributed by atoms with Gasteiger partial charge in [0.25, 0.3) is 0 Å². The summed E-state index contributed by atoms with van der Waals surface area (Å²) in [5.41, 5.74) is 4.46. The molecule has 2 aliphatic rings. The van der Waals surface area contributed by atoms with E-state index in [4.69, 9.17) is 23.7 Å². The summed E-state index contributed by atoms with van der Waals surface area (Å²) in [6.07, 6.45) is 1.16. The number of hydrogen-bond acceptors (Lipinski definition) is 8. The number of carboxylic acids is 1. The molecule has 2 atom stereocenters. The van der Waals surface area contributed by atoms with Gasteiger partial charge in [-0.3, -0.25) is 4.79 Å². The minimum atomic E-state index is -3.03. The van der Waals surface area contributed by atoms with Crippen molar-refractivity contribution in [1.82, 2.24) is 0 Å². The van der Waals surface area contributed by atoms with Gasteiger partial charge in [-0.1, -0.05) is 12.1 Å². The molecule has 2 unspecified atom stereocenters. The maximum absolute atomic E-state index is 11.4. The highest BCUT2D eigenvalue weighted by molar-refractivity contribution is 7.90. The quantitative estimate of drug-likeness (QED) is 0.354. The van der Waals surface area contributed by atoms with Gasteiger partial charge in [-0.2, -0.15) is 0 Å². The molecule has 10 heteroatoms. The highest BCUT2D eigenvalue weighted by Crippen LogP contribution is 2.42. The second-order valence-electron chi connectivity index (χ2n) is 9.73. The molecule has 1 N–H and O–H groups in total. The molecule has 5 rings (SSSR count). The van der Waals surface area contributed by atoms with Crippen LogP contribution in [-0.4, -0.2) is 44.9 Å². The van der Waals surface area contributed by atoms with Crippen molar-refractivity contribution in [2.75, 3.05) is 25.4 Å². The van der Waals surface area contributed by atoms with Crippen molar-refractivity contribution in [1.29, 1.82) is 0 Å². The molecule has 3 aromatic rings. The second kappa shape index (κ2) is 11.2. The van der Waals surface area contributed by atoms with E-state index in [2.05, 4.69) is 0 Å². The average molecular weight is 555 g/mol. The molecule has 2 aliphatic heterocycles. The van der Waals surface area contributed by atoms with Gasteiger partial charge in [0.15, 0.2) is 0 Å². The third-order valence-electron chi connectivity index (χ3n) is 6.73. The average Bonchev–Trinajstić information content (AvgIpc) is 3.24. The standard InChI is InChI=1S/C29H30O9S/c1-18(29(30)31)28-23-7-5-21(13-20(23)16-36-28)35-15-19-4-9-26-25(12-19)24-8-6-22(14-27(24)38-17-37-26)34-10-3-11-39(2,32)33/h4-9,12-14,18,28H,3,10-11,15-17H2,1-2H3,(H,30,31). The van der Waals surface area contributed by atoms with Gasteiger partial charge >= 0.3 is 5.97 Å². The maximum Gasteiger partial charge on any atom is 0.309 e. The van der Waals surface area contributed by atoms with Crippen molar-refractivity contribution >= 4 is 15.8 Å². The Bertz CT molecular complexity index is 1480. The van der Waals surface area contributed by atoms with Crippen LogP contribution in [0, 0.1) is 5.92 Å². The number of carbonyl (C=O) groups is 1. The van der Waals surface area contributed by atoms with Gasteiger partial charge in [0.05, 0.1) is 31.0 Å². The Morgan fingerprint density at radius 1 is 1.00 bits per heavy atom. The number of ether oxygens (including phenoxy) is 5. The Balaban J connectivity index is 1.28. The number of rotatable bonds is 10. The van der Waals surface area contributed by atoms with Crippen LogP contribution in [-0.2, 0) is 32.6 Å². The minimum Gasteiger partial charge on any atom is -0.493 e. The summed E-state index contributed by atoms with van der Waals surface area (Å²) in [4.78, 5) is 11.4. The summed E-state index contributed by atoms with van der Waals surface area (Å²) in [7, 11) is -3.03. The van der Waals surface area contributed by atoms with E-state index in [-0.39, 0.29) is 19.2 Å². The molecule has 39 heavy (non-hydrogen) atoms. The van der Waals surface area contributed by atoms with Crippen molar-refractivity contribution in [2.24, 2.45) is 5.92 Å². The predicted molar refractivity (Wildman–Crippen MR) is 143 cm³/mol. The van der Waals surface area contributed by atoms with Crippen LogP contribution in [0.3, 0.4) is 0 Å². The van der Waals surface area contributed by atoms with Crippen molar-refractivity contribution in [3.63, 3.8) is 0 Å². The fourth-order valence-electron chi connectivity index (χ4n) is 4.66. The normalized spacial score (nSPS) is 16.5. The lowest BCUT2D eigenvalue weighted by Crippen LogP contribution is -2.18. The third kappa shape index (κ3) is 6.29. The van der Waals surface area contributed by atoms with E-state index >= 15 is 0 Å². The maximum atomic E-state index is 11.4. The Hall–Kier alpha value is -3.76. The summed E-state index contributed by atoms with van der Waals surface area (Å²) in [6, 6.07) is 16.9. The van der Waals surface area contributed by atoms with Gasteiger partial charge in [0, 0.05) is 23.4 Å². The fraction of sp³-hybridized carbons (Fsp3) is 0.345. The molecular formula is C29H30O9S. The Kier molecular flexibility index (Phi) is 7.67. The Labute approximate surface area is 227 Å². The smallest absolute Gasteiger partial charge is 0.309 e. The van der Waals surface area contributed by atoms with Crippen molar-refractivity contribution in [2.45, 2.75) is 32.7 Å². The summed E-state index contributed by atoms with van der Waals surface area (Å²) >= 11 is 0. The van der Waals surface area contributed by atoms with Crippen LogP contribution in [0.1, 0.15) is 36.1 Å². The monoisotopic (exact) mass is 554 g/mol. The second-order valence-corrected chi connectivity index (χ2v) is 12.0. The number of sulfone groups is 1. The molecule has 0 aromatic heterocycles. The van der Waals surface area contributed by atoms with Crippen LogP contribution < -0.4 is 18.9 Å². The molecule has 0 fully saturated rings. The SMILES string of the molecule is CC(C(=O)O)C1OCc2cc(OCc3ccc4c(c3)-c3ccc(OCCCS(C)(=O)=O)cc3OCO4)ccc21. The summed E-state index contributed by atoms with van der Waals surface area (Å²) in [6.45, 7) is 2.65. The van der Waals surface area contributed by atoms with E-state index < -0.39 is 27.8 Å². The van der Waals surface area contributed by atoms with Crippen molar-refractivity contribution in [3.8, 4) is 34.1 Å². The number of aliphatic carboxylic acids is 1. The van der Waals surface area contributed by atoms with Gasteiger partial charge in [-0.15, -0.1) is 0 Å². The first-order chi connectivity index (χ1) is 18.7. The molecule has 0 saturated heterocycles. The molecule has 2 heterocycles. The van der Waals surface area contributed by atoms with E-state index in [1.165, 1.54) is 6.26 Å². The lowest BCUT2D eigenvalue weighted by atomic mass is 9.96. The van der Waals surface area contributed by atoms with E-state index in [1.54, 1.807) is 13.0 Å². The number of fused-ring (bicyclic) bond motifs is 4. The Morgan fingerprint density at radius 2 is 1.77 bits per heavy atom. The van der Waals surface area contributed by atoms with Crippen LogP contribution in [0.5, 0.6) is 23.0 Å². The van der Waals surface area contributed by atoms with Crippen LogP contribution in [0.25, 0.3) is 11.1 Å². The zero-order valence-electron chi connectivity index (χ0n) is 21.7. The molecule has 3 aromatic carbocycles. The topological polar surface area (TPSA) is 118 Å². The number of benzene rings is 3. The lowest BCUT2D eigenvalue weighted by Gasteiger charge is -2.16. The zero-order chi connectivity index (χ0) is 27.6. The zero-order valence-corrected chi connectivity index (χ0v) is 22.5. The van der Waals surface area contributed by atoms with Crippen molar-refractivity contribution in [3.05, 3.63) is 71.3 Å². The molecule has 0 aliphatic carbocycles. The van der Waals surface area contributed by atoms with Crippen LogP contribution >= 0.6 is 0 Å². The van der Waals surface area contributed by atoms with E-state index in [1.807, 2.05) is 48.5 Å². The van der Waals surface area contributed by atoms with Crippen LogP contribution in [0.2, 0.25) is 0 Å². The van der Waals surface area contributed by atoms with E-state index in [0.717, 1.165) is 27.8 Å². The summed E-state index contributed by atoms with van der Waals surface area (Å²) in [5.74, 6) is 1.11. The van der Waals surface area contributed by atoms with Gasteiger partial charge in [-0.25, -0.2) is 8.42 Å². The molecule has 206 valence electrons. The molecule has 0 spiro atoms. The first-order valence-electron chi connectivity index (χ1n) is 12.6. The minimum absolute atomic E-state index is 0.0477. The molecule has 0 amide bonds. The molecule has 0 saturated carbocycles. The molecular weight excluding hydrogens is 524 g/mol. The van der Waals surface area contributed by atoms with Crippen LogP contribution in [0.15, 0.2) is 54.6 Å². The summed E-state index contributed by atoms with van der Waals surface area (Å²) < 4.78 is 51.8. The first-order valence-corrected chi connectivity index (χ1v) is 14.7. The fourth-order valence-corrected chi connectivity index (χ4v) is 5.30. The van der Waals surface area contributed by atoms with Gasteiger partial charge in [-0.05, 0) is 66.4 Å². The van der Waals surface area contributed by atoms with Gasteiger partial charge in [0.2, 0.25) is 6.79 Å². The van der Waals surface area contributed by atoms with Crippen LogP contribution in [0.4, 0.5) is 0 Å². The highest BCUT2D eigenvalue weighted by atomic mass is 32.2. The number of carboxylic acid groups (broad SMARTS) is 1. The van der Waals surface area contributed by atoms with Gasteiger partial charge < -0.3 is 28.8 Å². The third-order valence-corrected chi connectivity index (χ3v) is 7.76. The van der Waals surface area contributed by atoms with Gasteiger partial charge in [0.1, 0.15) is 39.4 Å². The molecule has 9 nitrogen and oxygen atoms in total. The Morgan fingerprint density at radius 3 is 2.56 bits per heavy atom. The highest BCUT2D eigenvalue weighted by Gasteiger charge is 2.32.